The molecule has 0 saturated carbocycles. The summed E-state index contributed by atoms with van der Waals surface area (Å²) in [6, 6.07) is 9.65. The highest BCUT2D eigenvalue weighted by atomic mass is 16.6. The number of likely N-dealkylation sites (N-methyl/N-ethyl adjacent to an activating group) is 2. The van der Waals surface area contributed by atoms with Crippen LogP contribution in [0.25, 0.3) is 0 Å². The number of rotatable bonds is 35. The smallest absolute Gasteiger partial charge is 0.410 e. The van der Waals surface area contributed by atoms with Crippen LogP contribution in [-0.4, -0.2) is 181 Å². The van der Waals surface area contributed by atoms with Crippen molar-refractivity contribution in [2.45, 2.75) is 196 Å². The predicted molar refractivity (Wildman–Crippen MR) is 347 cm³/mol. The number of hydrogen-bond acceptors (Lipinski definition) is 14. The molecule has 0 aromatic heterocycles. The number of nitrogens with one attached hydrogen (secondary N) is 6. The molecule has 12 amide bonds. The second-order valence-electron chi connectivity index (χ2n) is 26.0. The summed E-state index contributed by atoms with van der Waals surface area (Å²) in [5.41, 5.74) is 7.05. The molecule has 2 fully saturated rings. The van der Waals surface area contributed by atoms with Crippen molar-refractivity contribution in [3.63, 3.8) is 0 Å². The van der Waals surface area contributed by atoms with Crippen LogP contribution >= 0.6 is 0 Å². The Morgan fingerprint density at radius 2 is 1.37 bits per heavy atom. The van der Waals surface area contributed by atoms with Crippen LogP contribution in [0, 0.1) is 41.4 Å². The van der Waals surface area contributed by atoms with Gasteiger partial charge in [-0.3, -0.25) is 53.0 Å². The van der Waals surface area contributed by atoms with Crippen molar-refractivity contribution in [1.82, 2.24) is 46.2 Å². The Morgan fingerprint density at radius 3 is 1.92 bits per heavy atom. The van der Waals surface area contributed by atoms with Crippen molar-refractivity contribution in [1.29, 1.82) is 0 Å². The molecular weight excluding hydrogens is 1180 g/mol. The lowest BCUT2D eigenvalue weighted by atomic mass is 9.89. The topological polar surface area (TPSA) is 327 Å². The highest BCUT2D eigenvalue weighted by Crippen LogP contribution is 2.31. The van der Waals surface area contributed by atoms with E-state index in [0.717, 1.165) is 16.9 Å². The summed E-state index contributed by atoms with van der Waals surface area (Å²) in [4.78, 5) is 154. The number of benzene rings is 2. The molecule has 0 bridgehead atoms. The molecule has 2 aromatic rings. The quantitative estimate of drug-likeness (QED) is 0.0324. The maximum atomic E-state index is 14.8. The standard InChI is InChI=1S/C67H105N11O14/c1-17-42(10)58(51(90-15)36-54(81)77-33-22-26-50(77)59(91-16)43(11)60(82)70-44(12)46-23-19-18-20-24-46)75(13)65(87)56(40(6)7)74-63(85)57(41(8)9)76(14)67(89)92-37-45-27-29-47(30-28-45)71-61(83)49(25-21-32-69-66(68)88)72-62(84)55(39(4)5)73-52(79)31-34-78-53(80)35-48(38(2)3)64(78)86/h18-20,23-24,27-30,38-44,48-51,55-59H,17,21-22,25-26,31-37H2,1-16H3,(H,70,82)(H,71,83)(H,72,84)(H,73,79)(H,74,85)(H3,68,69,88)/t42-,43+,44+,48?,49-,50-,51+,55-,56-,57-,58-,59+/m0/s1. The van der Waals surface area contributed by atoms with E-state index in [1.807, 2.05) is 71.9 Å². The Hall–Kier alpha value is -7.67. The number of ether oxygens (including phenoxy) is 3. The molecule has 0 spiro atoms. The van der Waals surface area contributed by atoms with Crippen LogP contribution in [0.5, 0.6) is 0 Å². The Bertz CT molecular complexity index is 2820. The number of anilines is 1. The zero-order valence-corrected chi connectivity index (χ0v) is 57.0. The Labute approximate surface area is 543 Å². The van der Waals surface area contributed by atoms with Gasteiger partial charge in [-0.15, -0.1) is 0 Å². The van der Waals surface area contributed by atoms with Gasteiger partial charge in [0.2, 0.25) is 53.2 Å². The van der Waals surface area contributed by atoms with Gasteiger partial charge < -0.3 is 61.6 Å². The summed E-state index contributed by atoms with van der Waals surface area (Å²) < 4.78 is 17.8. The summed E-state index contributed by atoms with van der Waals surface area (Å²) in [5, 5.41) is 16.7. The largest absolute Gasteiger partial charge is 0.445 e. The summed E-state index contributed by atoms with van der Waals surface area (Å²) >= 11 is 0. The number of methoxy groups -OCH3 is 2. The third-order valence-electron chi connectivity index (χ3n) is 17.9. The van der Waals surface area contributed by atoms with Gasteiger partial charge in [0.1, 0.15) is 30.8 Å². The van der Waals surface area contributed by atoms with Crippen molar-refractivity contribution >= 4 is 71.0 Å². The van der Waals surface area contributed by atoms with E-state index in [0.29, 0.717) is 30.6 Å². The number of imide groups is 1. The molecule has 2 aliphatic heterocycles. The zero-order chi connectivity index (χ0) is 68.8. The normalized spacial score (nSPS) is 18.2. The Morgan fingerprint density at radius 1 is 0.728 bits per heavy atom. The van der Waals surface area contributed by atoms with E-state index in [1.165, 1.54) is 19.1 Å². The molecule has 8 N–H and O–H groups in total. The monoisotopic (exact) mass is 1290 g/mol. The minimum absolute atomic E-state index is 0.0447. The lowest BCUT2D eigenvalue weighted by molar-refractivity contribution is -0.148. The minimum atomic E-state index is -1.15. The molecular formula is C67H105N11O14. The van der Waals surface area contributed by atoms with Gasteiger partial charge in [-0.2, -0.15) is 0 Å². The molecule has 12 atom stereocenters. The number of carbonyl (C=O) groups is 11. The maximum absolute atomic E-state index is 14.8. The van der Waals surface area contributed by atoms with Crippen LogP contribution in [0.4, 0.5) is 15.3 Å². The summed E-state index contributed by atoms with van der Waals surface area (Å²) in [7, 11) is 6.15. The highest BCUT2D eigenvalue weighted by molar-refractivity contribution is 6.04. The summed E-state index contributed by atoms with van der Waals surface area (Å²) in [6.45, 7) is 22.2. The second kappa shape index (κ2) is 36.5. The van der Waals surface area contributed by atoms with E-state index >= 15 is 0 Å². The fraction of sp³-hybridized carbons (Fsp3) is 0.657. The molecule has 25 nitrogen and oxygen atoms in total. The van der Waals surface area contributed by atoms with Crippen molar-refractivity contribution in [3.05, 3.63) is 65.7 Å². The fourth-order valence-electron chi connectivity index (χ4n) is 12.2. The van der Waals surface area contributed by atoms with E-state index in [1.54, 1.807) is 89.8 Å². The highest BCUT2D eigenvalue weighted by Gasteiger charge is 2.45. The fourth-order valence-corrected chi connectivity index (χ4v) is 12.2. The molecule has 92 heavy (non-hydrogen) atoms. The van der Waals surface area contributed by atoms with Gasteiger partial charge in [-0.25, -0.2) is 9.59 Å². The predicted octanol–water partition coefficient (Wildman–Crippen LogP) is 5.65. The average molecular weight is 1290 g/mol. The Balaban J connectivity index is 1.39. The van der Waals surface area contributed by atoms with E-state index < -0.39 is 114 Å². The molecule has 2 saturated heterocycles. The lowest BCUT2D eigenvalue weighted by Crippen LogP contribution is -2.60. The molecule has 512 valence electrons. The van der Waals surface area contributed by atoms with Gasteiger partial charge in [0, 0.05) is 72.4 Å². The Kier molecular flexibility index (Phi) is 30.5. The molecule has 1 unspecified atom stereocenters. The van der Waals surface area contributed by atoms with Crippen LogP contribution in [-0.2, 0) is 64.0 Å². The van der Waals surface area contributed by atoms with Crippen LogP contribution in [0.1, 0.15) is 152 Å². The van der Waals surface area contributed by atoms with Gasteiger partial charge in [0.05, 0.1) is 42.7 Å². The van der Waals surface area contributed by atoms with E-state index in [-0.39, 0.29) is 99.3 Å². The van der Waals surface area contributed by atoms with E-state index in [9.17, 15) is 52.7 Å². The number of nitrogens with zero attached hydrogens (tertiary/aromatic N) is 4. The lowest BCUT2D eigenvalue weighted by Gasteiger charge is -2.41. The molecule has 2 aliphatic rings. The van der Waals surface area contributed by atoms with E-state index in [2.05, 4.69) is 31.9 Å². The van der Waals surface area contributed by atoms with Crippen molar-refractivity contribution in [2.24, 2.45) is 47.2 Å². The van der Waals surface area contributed by atoms with Gasteiger partial charge >= 0.3 is 12.1 Å². The van der Waals surface area contributed by atoms with Crippen LogP contribution in [0.2, 0.25) is 0 Å². The first kappa shape index (κ1) is 76.8. The van der Waals surface area contributed by atoms with Crippen molar-refractivity contribution < 1.29 is 67.0 Å². The summed E-state index contributed by atoms with van der Waals surface area (Å²) in [5.74, 6) is -6.44. The molecule has 4 rings (SSSR count). The number of nitrogens with two attached hydrogens (primary N) is 1. The van der Waals surface area contributed by atoms with Crippen molar-refractivity contribution in [2.75, 3.05) is 53.3 Å². The number of likely N-dealkylation sites (tertiary alicyclic amines) is 2. The van der Waals surface area contributed by atoms with Crippen LogP contribution in [0.3, 0.4) is 0 Å². The van der Waals surface area contributed by atoms with Gasteiger partial charge in [-0.05, 0) is 85.5 Å². The van der Waals surface area contributed by atoms with Crippen LogP contribution < -0.4 is 37.6 Å². The molecule has 0 aliphatic carbocycles. The van der Waals surface area contributed by atoms with Gasteiger partial charge in [0.25, 0.3) is 0 Å². The minimum Gasteiger partial charge on any atom is -0.445 e. The first-order valence-electron chi connectivity index (χ1n) is 32.4. The van der Waals surface area contributed by atoms with E-state index in [4.69, 9.17) is 19.9 Å². The van der Waals surface area contributed by atoms with Gasteiger partial charge in [-0.1, -0.05) is 125 Å². The molecule has 0 radical (unpaired) electrons. The number of primary amides is 1. The zero-order valence-electron chi connectivity index (χ0n) is 57.0. The molecule has 2 heterocycles. The first-order chi connectivity index (χ1) is 43.4. The third kappa shape index (κ3) is 21.5. The van der Waals surface area contributed by atoms with Gasteiger partial charge in [0.15, 0.2) is 0 Å². The SMILES string of the molecule is CC[C@H](C)[C@@H]([C@@H](CC(=O)N1CCC[C@H]1[C@H](OC)[C@@H](C)C(=O)N[C@H](C)c1ccccc1)OC)N(C)C(=O)[C@@H](NC(=O)[C@H](C(C)C)N(C)C(=O)OCc1ccc(NC(=O)[C@H](CCCNC(N)=O)NC(=O)[C@@H](NC(=O)CCN2C(=O)CC(C(C)C)C2=O)C(C)C)cc1)C(C)C. The number of urea groups is 1. The average Bonchev–Trinajstić information content (AvgIpc) is 1.56. The number of amides is 12. The number of carbonyl (C=O) groups excluding carboxylic acids is 11. The molecule has 25 heteroatoms. The molecule has 2 aromatic carbocycles. The second-order valence-corrected chi connectivity index (χ2v) is 26.0. The first-order valence-corrected chi connectivity index (χ1v) is 32.4. The van der Waals surface area contributed by atoms with Crippen molar-refractivity contribution in [3.8, 4) is 0 Å². The maximum Gasteiger partial charge on any atom is 0.410 e. The number of hydrogen-bond donors (Lipinski definition) is 7. The van der Waals surface area contributed by atoms with Crippen LogP contribution in [0.15, 0.2) is 54.6 Å². The summed E-state index contributed by atoms with van der Waals surface area (Å²) in [6.07, 6.45) is -0.0972. The third-order valence-corrected chi connectivity index (χ3v) is 17.9.